The summed E-state index contributed by atoms with van der Waals surface area (Å²) in [6.07, 6.45) is 3.62. The summed E-state index contributed by atoms with van der Waals surface area (Å²) in [5.74, 6) is 0.603. The Hall–Kier alpha value is -2.89. The summed E-state index contributed by atoms with van der Waals surface area (Å²) in [4.78, 5) is 8.15. The van der Waals surface area contributed by atoms with Crippen LogP contribution in [0.25, 0.3) is 16.9 Å². The lowest BCUT2D eigenvalue weighted by molar-refractivity contribution is 0.398. The number of nitrogen functional groups attached to an aromatic ring is 1. The Bertz CT molecular complexity index is 723. The molecule has 0 spiro atoms. The first-order valence-electron chi connectivity index (χ1n) is 6.05. The van der Waals surface area contributed by atoms with E-state index in [4.69, 9.17) is 10.5 Å². The van der Waals surface area contributed by atoms with E-state index in [2.05, 4.69) is 15.1 Å². The lowest BCUT2D eigenvalue weighted by Crippen LogP contribution is -1.98. The van der Waals surface area contributed by atoms with Crippen molar-refractivity contribution in [3.05, 3.63) is 48.8 Å². The third kappa shape index (κ3) is 2.31. The fraction of sp³-hybridized carbons (Fsp3) is 0.0714. The second-order valence-electron chi connectivity index (χ2n) is 4.16. The molecule has 3 rings (SSSR count). The van der Waals surface area contributed by atoms with Crippen molar-refractivity contribution in [3.8, 4) is 22.8 Å². The van der Waals surface area contributed by atoms with Gasteiger partial charge in [-0.1, -0.05) is 18.2 Å². The quantitative estimate of drug-likeness (QED) is 0.784. The second kappa shape index (κ2) is 5.00. The first-order valence-corrected chi connectivity index (χ1v) is 6.05. The second-order valence-corrected chi connectivity index (χ2v) is 4.16. The number of aromatic nitrogens is 4. The van der Waals surface area contributed by atoms with Crippen LogP contribution in [-0.2, 0) is 0 Å². The van der Waals surface area contributed by atoms with Gasteiger partial charge in [0.05, 0.1) is 24.7 Å². The van der Waals surface area contributed by atoms with Crippen molar-refractivity contribution in [2.75, 3.05) is 12.8 Å². The number of rotatable bonds is 3. The maximum absolute atomic E-state index is 5.66. The highest BCUT2D eigenvalue weighted by atomic mass is 16.5. The van der Waals surface area contributed by atoms with Gasteiger partial charge in [0.25, 0.3) is 0 Å². The fourth-order valence-electron chi connectivity index (χ4n) is 1.87. The van der Waals surface area contributed by atoms with Gasteiger partial charge in [0, 0.05) is 17.8 Å². The Labute approximate surface area is 115 Å². The molecule has 0 fully saturated rings. The highest BCUT2D eigenvalue weighted by Crippen LogP contribution is 2.22. The van der Waals surface area contributed by atoms with Crippen LogP contribution in [0, 0.1) is 0 Å². The van der Waals surface area contributed by atoms with Crippen LogP contribution >= 0.6 is 0 Å². The topological polar surface area (TPSA) is 78.8 Å². The molecule has 0 saturated heterocycles. The highest BCUT2D eigenvalue weighted by molar-refractivity contribution is 5.60. The van der Waals surface area contributed by atoms with Gasteiger partial charge < -0.3 is 10.5 Å². The molecular formula is C14H13N5O. The minimum Gasteiger partial charge on any atom is -0.481 e. The van der Waals surface area contributed by atoms with E-state index in [0.717, 1.165) is 11.3 Å². The van der Waals surface area contributed by atoms with Gasteiger partial charge >= 0.3 is 0 Å². The van der Waals surface area contributed by atoms with E-state index in [9.17, 15) is 0 Å². The molecule has 6 heteroatoms. The van der Waals surface area contributed by atoms with Gasteiger partial charge in [0.2, 0.25) is 11.8 Å². The van der Waals surface area contributed by atoms with Crippen molar-refractivity contribution in [3.63, 3.8) is 0 Å². The number of para-hydroxylation sites is 1. The number of benzene rings is 1. The third-order valence-electron chi connectivity index (χ3n) is 2.83. The molecule has 2 N–H and O–H groups in total. The van der Waals surface area contributed by atoms with Crippen molar-refractivity contribution in [2.24, 2.45) is 0 Å². The maximum Gasteiger partial charge on any atom is 0.223 e. The molecule has 0 amide bonds. The normalized spacial score (nSPS) is 10.4. The summed E-state index contributed by atoms with van der Waals surface area (Å²) in [6, 6.07) is 11.6. The molecule has 0 aliphatic heterocycles. The summed E-state index contributed by atoms with van der Waals surface area (Å²) in [7, 11) is 1.54. The number of nitrogens with two attached hydrogens (primary N) is 1. The van der Waals surface area contributed by atoms with Crippen molar-refractivity contribution >= 4 is 5.95 Å². The smallest absolute Gasteiger partial charge is 0.223 e. The zero-order valence-corrected chi connectivity index (χ0v) is 10.9. The summed E-state index contributed by atoms with van der Waals surface area (Å²) >= 11 is 0. The molecule has 100 valence electrons. The van der Waals surface area contributed by atoms with Crippen LogP contribution in [0.15, 0.2) is 48.8 Å². The van der Waals surface area contributed by atoms with Gasteiger partial charge in [0.1, 0.15) is 0 Å². The minimum atomic E-state index is 0.173. The lowest BCUT2D eigenvalue weighted by atomic mass is 10.2. The average Bonchev–Trinajstić information content (AvgIpc) is 2.97. The molecule has 20 heavy (non-hydrogen) atoms. The van der Waals surface area contributed by atoms with Crippen LogP contribution in [0.5, 0.6) is 5.88 Å². The summed E-state index contributed by atoms with van der Waals surface area (Å²) in [6.45, 7) is 0. The molecule has 2 aromatic heterocycles. The predicted octanol–water partition coefficient (Wildman–Crippen LogP) is 1.92. The Balaban J connectivity index is 2.00. The molecular weight excluding hydrogens is 254 g/mol. The third-order valence-corrected chi connectivity index (χ3v) is 2.83. The first-order chi connectivity index (χ1) is 9.76. The number of hydrogen-bond acceptors (Lipinski definition) is 5. The van der Waals surface area contributed by atoms with Gasteiger partial charge in [0.15, 0.2) is 0 Å². The molecule has 0 saturated carbocycles. The minimum absolute atomic E-state index is 0.173. The Morgan fingerprint density at radius 2 is 1.95 bits per heavy atom. The molecule has 0 bridgehead atoms. The molecule has 0 radical (unpaired) electrons. The van der Waals surface area contributed by atoms with Crippen LogP contribution < -0.4 is 10.5 Å². The predicted molar refractivity (Wildman–Crippen MR) is 75.6 cm³/mol. The standard InChI is InChI=1S/C14H13N5O/c1-20-13-7-12(17-14(15)18-13)10-8-16-19(9-10)11-5-3-2-4-6-11/h2-9H,1H3,(H2,15,17,18). The Morgan fingerprint density at radius 1 is 1.15 bits per heavy atom. The molecule has 6 nitrogen and oxygen atoms in total. The van der Waals surface area contributed by atoms with E-state index < -0.39 is 0 Å². The molecule has 2 heterocycles. The van der Waals surface area contributed by atoms with E-state index in [1.165, 1.54) is 0 Å². The summed E-state index contributed by atoms with van der Waals surface area (Å²) in [5.41, 5.74) is 8.17. The monoisotopic (exact) mass is 267 g/mol. The van der Waals surface area contributed by atoms with Crippen molar-refractivity contribution in [2.45, 2.75) is 0 Å². The maximum atomic E-state index is 5.66. The highest BCUT2D eigenvalue weighted by Gasteiger charge is 2.08. The van der Waals surface area contributed by atoms with Crippen molar-refractivity contribution in [1.82, 2.24) is 19.7 Å². The molecule has 0 atom stereocenters. The van der Waals surface area contributed by atoms with Gasteiger partial charge in [-0.05, 0) is 12.1 Å². The van der Waals surface area contributed by atoms with Crippen LogP contribution in [-0.4, -0.2) is 26.9 Å². The molecule has 3 aromatic rings. The number of hydrogen-bond donors (Lipinski definition) is 1. The van der Waals surface area contributed by atoms with E-state index in [-0.39, 0.29) is 5.95 Å². The molecule has 0 unspecified atom stereocenters. The van der Waals surface area contributed by atoms with Crippen LogP contribution in [0.4, 0.5) is 5.95 Å². The van der Waals surface area contributed by atoms with Gasteiger partial charge in [-0.15, -0.1) is 0 Å². The molecule has 0 aliphatic rings. The van der Waals surface area contributed by atoms with Crippen LogP contribution in [0.2, 0.25) is 0 Å². The first kappa shape index (κ1) is 12.2. The molecule has 0 aliphatic carbocycles. The number of anilines is 1. The number of ether oxygens (including phenoxy) is 1. The van der Waals surface area contributed by atoms with E-state index >= 15 is 0 Å². The summed E-state index contributed by atoms with van der Waals surface area (Å²) in [5, 5.41) is 4.32. The van der Waals surface area contributed by atoms with E-state index in [1.54, 1.807) is 24.1 Å². The SMILES string of the molecule is COc1cc(-c2cnn(-c3ccccc3)c2)nc(N)n1. The lowest BCUT2D eigenvalue weighted by Gasteiger charge is -2.02. The van der Waals surface area contributed by atoms with Crippen molar-refractivity contribution in [1.29, 1.82) is 0 Å². The van der Waals surface area contributed by atoms with Gasteiger partial charge in [-0.2, -0.15) is 10.1 Å². The van der Waals surface area contributed by atoms with Crippen molar-refractivity contribution < 1.29 is 4.74 Å². The van der Waals surface area contributed by atoms with Crippen LogP contribution in [0.1, 0.15) is 0 Å². The average molecular weight is 267 g/mol. The number of nitrogens with zero attached hydrogens (tertiary/aromatic N) is 4. The van der Waals surface area contributed by atoms with E-state index in [0.29, 0.717) is 11.6 Å². The molecule has 1 aromatic carbocycles. The summed E-state index contributed by atoms with van der Waals surface area (Å²) < 4.78 is 6.87. The largest absolute Gasteiger partial charge is 0.481 e. The van der Waals surface area contributed by atoms with Gasteiger partial charge in [-0.3, -0.25) is 0 Å². The number of methoxy groups -OCH3 is 1. The van der Waals surface area contributed by atoms with Crippen LogP contribution in [0.3, 0.4) is 0 Å². The fourth-order valence-corrected chi connectivity index (χ4v) is 1.87. The Morgan fingerprint density at radius 3 is 2.70 bits per heavy atom. The Kier molecular flexibility index (Phi) is 3.04. The zero-order chi connectivity index (χ0) is 13.9. The van der Waals surface area contributed by atoms with E-state index in [1.807, 2.05) is 36.5 Å². The zero-order valence-electron chi connectivity index (χ0n) is 10.9. The van der Waals surface area contributed by atoms with Gasteiger partial charge in [-0.25, -0.2) is 9.67 Å².